The van der Waals surface area contributed by atoms with E-state index in [1.54, 1.807) is 0 Å². The van der Waals surface area contributed by atoms with Gasteiger partial charge in [0.05, 0.1) is 13.2 Å². The lowest BCUT2D eigenvalue weighted by molar-refractivity contribution is -0.122. The first-order valence-electron chi connectivity index (χ1n) is 7.42. The fraction of sp³-hybridized carbons (Fsp3) is 0.562. The fourth-order valence-electron chi connectivity index (χ4n) is 3.17. The van der Waals surface area contributed by atoms with Crippen molar-refractivity contribution < 1.29 is 9.53 Å². The molecule has 0 bridgehead atoms. The van der Waals surface area contributed by atoms with Gasteiger partial charge in [0.15, 0.2) is 0 Å². The van der Waals surface area contributed by atoms with Gasteiger partial charge in [-0.3, -0.25) is 9.69 Å². The van der Waals surface area contributed by atoms with E-state index in [4.69, 9.17) is 10.5 Å². The zero-order valence-corrected chi connectivity index (χ0v) is 11.8. The summed E-state index contributed by atoms with van der Waals surface area (Å²) in [5.74, 6) is -0.138. The molecule has 4 heteroatoms. The Morgan fingerprint density at radius 3 is 2.85 bits per heavy atom. The number of morpholine rings is 1. The summed E-state index contributed by atoms with van der Waals surface area (Å²) in [7, 11) is 0. The third kappa shape index (κ3) is 3.02. The number of rotatable bonds is 3. The van der Waals surface area contributed by atoms with Crippen LogP contribution in [0.2, 0.25) is 0 Å². The monoisotopic (exact) mass is 274 g/mol. The molecule has 0 radical (unpaired) electrons. The molecule has 1 fully saturated rings. The average Bonchev–Trinajstić information content (AvgIpc) is 2.47. The van der Waals surface area contributed by atoms with Gasteiger partial charge in [-0.2, -0.15) is 0 Å². The molecule has 1 aliphatic heterocycles. The normalized spacial score (nSPS) is 23.3. The van der Waals surface area contributed by atoms with Crippen molar-refractivity contribution in [2.45, 2.75) is 25.8 Å². The van der Waals surface area contributed by atoms with Gasteiger partial charge in [-0.15, -0.1) is 0 Å². The molecule has 1 aromatic rings. The van der Waals surface area contributed by atoms with Crippen LogP contribution in [0.15, 0.2) is 18.2 Å². The van der Waals surface area contributed by atoms with E-state index < -0.39 is 0 Å². The summed E-state index contributed by atoms with van der Waals surface area (Å²) in [6.07, 6.45) is 2.67. The second-order valence-electron chi connectivity index (χ2n) is 5.83. The quantitative estimate of drug-likeness (QED) is 0.898. The summed E-state index contributed by atoms with van der Waals surface area (Å²) in [5, 5.41) is 0. The molecule has 0 aromatic heterocycles. The zero-order valence-electron chi connectivity index (χ0n) is 11.8. The van der Waals surface area contributed by atoms with Crippen LogP contribution in [0.5, 0.6) is 0 Å². The topological polar surface area (TPSA) is 55.6 Å². The minimum Gasteiger partial charge on any atom is -0.379 e. The molecule has 1 aromatic carbocycles. The van der Waals surface area contributed by atoms with Crippen LogP contribution in [0.25, 0.3) is 0 Å². The maximum absolute atomic E-state index is 11.3. The smallest absolute Gasteiger partial charge is 0.220 e. The summed E-state index contributed by atoms with van der Waals surface area (Å²) in [4.78, 5) is 13.7. The summed E-state index contributed by atoms with van der Waals surface area (Å²) in [5.41, 5.74) is 9.48. The molecule has 20 heavy (non-hydrogen) atoms. The maximum atomic E-state index is 11.3. The minimum atomic E-state index is -0.159. The molecule has 2 N–H and O–H groups in total. The highest BCUT2D eigenvalue weighted by atomic mass is 16.5. The number of amides is 1. The number of aryl methyl sites for hydroxylation is 1. The van der Waals surface area contributed by atoms with Gasteiger partial charge >= 0.3 is 0 Å². The Morgan fingerprint density at radius 2 is 2.10 bits per heavy atom. The lowest BCUT2D eigenvalue weighted by atomic mass is 9.83. The Balaban J connectivity index is 1.68. The van der Waals surface area contributed by atoms with Gasteiger partial charge in [-0.25, -0.2) is 0 Å². The van der Waals surface area contributed by atoms with Crippen LogP contribution in [-0.4, -0.2) is 37.1 Å². The maximum Gasteiger partial charge on any atom is 0.220 e. The third-order valence-electron chi connectivity index (χ3n) is 4.41. The number of nitrogens with zero attached hydrogens (tertiary/aromatic N) is 1. The van der Waals surface area contributed by atoms with E-state index in [1.807, 2.05) is 0 Å². The molecule has 1 aliphatic carbocycles. The van der Waals surface area contributed by atoms with Gasteiger partial charge in [0.1, 0.15) is 0 Å². The van der Waals surface area contributed by atoms with Crippen LogP contribution < -0.4 is 5.73 Å². The highest BCUT2D eigenvalue weighted by Gasteiger charge is 2.23. The van der Waals surface area contributed by atoms with Crippen molar-refractivity contribution in [3.8, 4) is 0 Å². The molecule has 1 atom stereocenters. The van der Waals surface area contributed by atoms with E-state index in [9.17, 15) is 4.79 Å². The zero-order chi connectivity index (χ0) is 13.9. The largest absolute Gasteiger partial charge is 0.379 e. The van der Waals surface area contributed by atoms with E-state index in [-0.39, 0.29) is 11.8 Å². The number of ether oxygens (including phenoxy) is 1. The van der Waals surface area contributed by atoms with Crippen LogP contribution in [-0.2, 0) is 28.9 Å². The average molecular weight is 274 g/mol. The molecule has 0 unspecified atom stereocenters. The number of primary amides is 1. The molecule has 1 saturated heterocycles. The van der Waals surface area contributed by atoms with Crippen LogP contribution in [0, 0.1) is 5.92 Å². The predicted octanol–water partition coefficient (Wildman–Crippen LogP) is 1.11. The van der Waals surface area contributed by atoms with Crippen LogP contribution >= 0.6 is 0 Å². The summed E-state index contributed by atoms with van der Waals surface area (Å²) in [6, 6.07) is 6.68. The van der Waals surface area contributed by atoms with E-state index in [2.05, 4.69) is 23.1 Å². The standard InChI is InChI=1S/C16H22N2O2/c17-16(19)15-4-3-13-9-12(1-2-14(13)10-15)11-18-5-7-20-8-6-18/h1-2,9,15H,3-8,10-11H2,(H2,17,19)/t15-/m0/s1. The fourth-order valence-corrected chi connectivity index (χ4v) is 3.17. The van der Waals surface area contributed by atoms with Crippen molar-refractivity contribution in [3.63, 3.8) is 0 Å². The third-order valence-corrected chi connectivity index (χ3v) is 4.41. The van der Waals surface area contributed by atoms with Crippen molar-refractivity contribution >= 4 is 5.91 Å². The van der Waals surface area contributed by atoms with Gasteiger partial charge in [0.25, 0.3) is 0 Å². The molecule has 1 heterocycles. The summed E-state index contributed by atoms with van der Waals surface area (Å²) < 4.78 is 5.38. The Labute approximate surface area is 119 Å². The Morgan fingerprint density at radius 1 is 1.30 bits per heavy atom. The molecule has 1 amide bonds. The predicted molar refractivity (Wildman–Crippen MR) is 77.2 cm³/mol. The number of benzene rings is 1. The van der Waals surface area contributed by atoms with E-state index in [0.29, 0.717) is 0 Å². The van der Waals surface area contributed by atoms with Gasteiger partial charge in [0, 0.05) is 25.6 Å². The van der Waals surface area contributed by atoms with Crippen molar-refractivity contribution in [1.29, 1.82) is 0 Å². The second kappa shape index (κ2) is 5.94. The van der Waals surface area contributed by atoms with Crippen molar-refractivity contribution in [2.75, 3.05) is 26.3 Å². The van der Waals surface area contributed by atoms with E-state index >= 15 is 0 Å². The first kappa shape index (κ1) is 13.6. The SMILES string of the molecule is NC(=O)[C@H]1CCc2cc(CN3CCOCC3)ccc2C1. The number of carbonyl (C=O) groups excluding carboxylic acids is 1. The van der Waals surface area contributed by atoms with E-state index in [1.165, 1.54) is 16.7 Å². The number of carbonyl (C=O) groups is 1. The van der Waals surface area contributed by atoms with Gasteiger partial charge in [-0.1, -0.05) is 18.2 Å². The highest BCUT2D eigenvalue weighted by molar-refractivity contribution is 5.77. The molecular formula is C16H22N2O2. The summed E-state index contributed by atoms with van der Waals surface area (Å²) in [6.45, 7) is 4.70. The minimum absolute atomic E-state index is 0.0209. The lowest BCUT2D eigenvalue weighted by Crippen LogP contribution is -2.35. The lowest BCUT2D eigenvalue weighted by Gasteiger charge is -2.28. The molecule has 0 spiro atoms. The van der Waals surface area contributed by atoms with Crippen LogP contribution in [0.3, 0.4) is 0 Å². The molecule has 0 saturated carbocycles. The number of hydrogen-bond donors (Lipinski definition) is 1. The highest BCUT2D eigenvalue weighted by Crippen LogP contribution is 2.26. The van der Waals surface area contributed by atoms with Crippen LogP contribution in [0.1, 0.15) is 23.1 Å². The Hall–Kier alpha value is -1.39. The molecule has 3 rings (SSSR count). The second-order valence-corrected chi connectivity index (χ2v) is 5.83. The van der Waals surface area contributed by atoms with Crippen molar-refractivity contribution in [1.82, 2.24) is 4.90 Å². The first-order valence-corrected chi connectivity index (χ1v) is 7.42. The van der Waals surface area contributed by atoms with Crippen LogP contribution in [0.4, 0.5) is 0 Å². The number of nitrogens with two attached hydrogens (primary N) is 1. The molecule has 2 aliphatic rings. The Kier molecular flexibility index (Phi) is 4.03. The van der Waals surface area contributed by atoms with Crippen molar-refractivity contribution in [2.24, 2.45) is 11.7 Å². The molecule has 108 valence electrons. The first-order chi connectivity index (χ1) is 9.72. The number of fused-ring (bicyclic) bond motifs is 1. The summed E-state index contributed by atoms with van der Waals surface area (Å²) >= 11 is 0. The van der Waals surface area contributed by atoms with Gasteiger partial charge in [0.2, 0.25) is 5.91 Å². The van der Waals surface area contributed by atoms with Crippen molar-refractivity contribution in [3.05, 3.63) is 34.9 Å². The molecular weight excluding hydrogens is 252 g/mol. The van der Waals surface area contributed by atoms with Gasteiger partial charge < -0.3 is 10.5 Å². The number of hydrogen-bond acceptors (Lipinski definition) is 3. The molecule has 4 nitrogen and oxygen atoms in total. The van der Waals surface area contributed by atoms with Gasteiger partial charge in [-0.05, 0) is 36.0 Å². The van der Waals surface area contributed by atoms with E-state index in [0.717, 1.165) is 52.1 Å². The Bertz CT molecular complexity index is 495.